The van der Waals surface area contributed by atoms with Gasteiger partial charge >= 0.3 is 5.97 Å². The quantitative estimate of drug-likeness (QED) is 0.0236. The van der Waals surface area contributed by atoms with Crippen molar-refractivity contribution in [1.29, 1.82) is 0 Å². The van der Waals surface area contributed by atoms with E-state index in [4.69, 9.17) is 33.5 Å². The molecule has 10 rings (SSSR count). The Morgan fingerprint density at radius 3 is 2.12 bits per heavy atom. The van der Waals surface area contributed by atoms with E-state index in [1.54, 1.807) is 13.2 Å². The van der Waals surface area contributed by atoms with Crippen LogP contribution in [0.2, 0.25) is 0 Å². The van der Waals surface area contributed by atoms with Crippen molar-refractivity contribution in [1.82, 2.24) is 5.06 Å². The number of ether oxygens (including phenoxy) is 5. The molecular weight excluding hydrogens is 1130 g/mol. The van der Waals surface area contributed by atoms with Gasteiger partial charge in [-0.05, 0) is 135 Å². The number of carbonyl (C=O) groups excluding carboxylic acids is 5. The van der Waals surface area contributed by atoms with Crippen LogP contribution in [0.25, 0.3) is 0 Å². The predicted octanol–water partition coefficient (Wildman–Crippen LogP) is 9.63. The van der Waals surface area contributed by atoms with Crippen molar-refractivity contribution in [2.45, 2.75) is 114 Å². The van der Waals surface area contributed by atoms with Crippen molar-refractivity contribution < 1.29 is 65.5 Å². The van der Waals surface area contributed by atoms with Crippen LogP contribution in [0.15, 0.2) is 96.0 Å². The maximum atomic E-state index is 14.3. The van der Waals surface area contributed by atoms with Crippen molar-refractivity contribution in [2.24, 2.45) is 4.99 Å². The molecule has 444 valence electrons. The third kappa shape index (κ3) is 13.6. The highest BCUT2D eigenvalue weighted by Crippen LogP contribution is 2.43. The lowest BCUT2D eigenvalue weighted by atomic mass is 9.99. The molecule has 84 heavy (non-hydrogen) atoms. The molecule has 0 aromatic heterocycles. The molecule has 0 spiro atoms. The minimum Gasteiger partial charge on any atom is -0.493 e. The molecule has 0 radical (unpaired) electrons. The van der Waals surface area contributed by atoms with Crippen molar-refractivity contribution in [2.75, 3.05) is 67.1 Å². The summed E-state index contributed by atoms with van der Waals surface area (Å²) in [6.07, 6.45) is 4.93. The number of imide groups is 1. The fraction of sp³-hybridized carbons (Fsp3) is 0.419. The molecule has 3 atom stereocenters. The van der Waals surface area contributed by atoms with Gasteiger partial charge in [-0.25, -0.2) is 4.79 Å². The third-order valence-corrected chi connectivity index (χ3v) is 19.8. The number of hydrogen-bond acceptors (Lipinski definition) is 17. The molecule has 5 aromatic rings. The van der Waals surface area contributed by atoms with Crippen LogP contribution in [0, 0.1) is 6.92 Å². The average Bonchev–Trinajstić information content (AvgIpc) is 2.41. The maximum Gasteiger partial charge on any atom is 0.353 e. The summed E-state index contributed by atoms with van der Waals surface area (Å²) in [6.45, 7) is 10.9. The van der Waals surface area contributed by atoms with Crippen molar-refractivity contribution in [3.8, 4) is 17.2 Å². The van der Waals surface area contributed by atoms with E-state index >= 15 is 0 Å². The van der Waals surface area contributed by atoms with Gasteiger partial charge in [-0.3, -0.25) is 33.6 Å². The van der Waals surface area contributed by atoms with Crippen LogP contribution in [0.4, 0.5) is 22.7 Å². The summed E-state index contributed by atoms with van der Waals surface area (Å²) < 4.78 is 65.4. The van der Waals surface area contributed by atoms with Crippen molar-refractivity contribution in [3.05, 3.63) is 136 Å². The first-order chi connectivity index (χ1) is 40.4. The molecule has 1 saturated heterocycles. The lowest BCUT2D eigenvalue weighted by Gasteiger charge is -2.34. The zero-order valence-corrected chi connectivity index (χ0v) is 50.2. The summed E-state index contributed by atoms with van der Waals surface area (Å²) >= 11 is 0. The van der Waals surface area contributed by atoms with Gasteiger partial charge in [-0.1, -0.05) is 64.9 Å². The Balaban J connectivity index is 0.915. The summed E-state index contributed by atoms with van der Waals surface area (Å²) in [6, 6.07) is 29.3. The van der Waals surface area contributed by atoms with E-state index < -0.39 is 37.9 Å². The zero-order chi connectivity index (χ0) is 59.3. The summed E-state index contributed by atoms with van der Waals surface area (Å²) in [5, 5.41) is -1.77. The second-order valence-corrected chi connectivity index (χ2v) is 26.8. The molecule has 22 heteroatoms. The average molecular weight is 1200 g/mol. The van der Waals surface area contributed by atoms with Crippen LogP contribution >= 0.6 is 21.6 Å². The van der Waals surface area contributed by atoms with Crippen LogP contribution in [0.3, 0.4) is 0 Å². The fourth-order valence-corrected chi connectivity index (χ4v) is 14.7. The van der Waals surface area contributed by atoms with Gasteiger partial charge in [0.1, 0.15) is 19.0 Å². The van der Waals surface area contributed by atoms with E-state index in [0.717, 1.165) is 69.7 Å². The summed E-state index contributed by atoms with van der Waals surface area (Å²) in [7, 11) is -0.670. The predicted molar refractivity (Wildman–Crippen MR) is 323 cm³/mol. The zero-order valence-electron chi connectivity index (χ0n) is 47.7. The number of aryl methyl sites for hydroxylation is 2. The number of anilines is 3. The molecule has 0 aliphatic carbocycles. The molecule has 4 amide bonds. The van der Waals surface area contributed by atoms with E-state index in [1.807, 2.05) is 123 Å². The number of rotatable bonds is 26. The van der Waals surface area contributed by atoms with E-state index in [-0.39, 0.29) is 67.2 Å². The highest BCUT2D eigenvalue weighted by Gasteiger charge is 2.41. The molecule has 5 aliphatic heterocycles. The van der Waals surface area contributed by atoms with Crippen LogP contribution in [-0.2, 0) is 71.3 Å². The van der Waals surface area contributed by atoms with Crippen LogP contribution in [0.5, 0.6) is 17.2 Å². The number of benzene rings is 5. The second-order valence-electron chi connectivity index (χ2n) is 22.0. The van der Waals surface area contributed by atoms with Crippen LogP contribution in [0.1, 0.15) is 107 Å². The normalized spacial score (nSPS) is 17.4. The molecule has 0 bridgehead atoms. The number of para-hydroxylation sites is 2. The number of fused-ring (bicyclic) bond motifs is 8. The van der Waals surface area contributed by atoms with Gasteiger partial charge in [0.05, 0.1) is 44.2 Å². The number of carbonyl (C=O) groups is 5. The molecule has 1 fully saturated rings. The van der Waals surface area contributed by atoms with E-state index in [9.17, 15) is 36.9 Å². The Morgan fingerprint density at radius 2 is 1.43 bits per heavy atom. The first-order valence-electron chi connectivity index (χ1n) is 28.3. The Bertz CT molecular complexity index is 3470. The lowest BCUT2D eigenvalue weighted by Crippen LogP contribution is -2.40. The van der Waals surface area contributed by atoms with Gasteiger partial charge in [0.15, 0.2) is 16.7 Å². The molecule has 5 heterocycles. The Kier molecular flexibility index (Phi) is 18.7. The highest BCUT2D eigenvalue weighted by molar-refractivity contribution is 8.77. The third-order valence-electron chi connectivity index (χ3n) is 15.3. The first kappa shape index (κ1) is 60.2. The largest absolute Gasteiger partial charge is 0.493 e. The molecule has 1 N–H and O–H groups in total. The summed E-state index contributed by atoms with van der Waals surface area (Å²) in [5.74, 6) is -1.61. The van der Waals surface area contributed by atoms with Gasteiger partial charge in [-0.15, -0.1) is 5.06 Å². The van der Waals surface area contributed by atoms with Crippen LogP contribution < -0.4 is 28.9 Å². The summed E-state index contributed by atoms with van der Waals surface area (Å²) in [5.41, 5.74) is 9.73. The molecule has 0 saturated carbocycles. The van der Waals surface area contributed by atoms with Gasteiger partial charge in [0, 0.05) is 90.4 Å². The molecule has 5 aliphatic rings. The second kappa shape index (κ2) is 26.1. The van der Waals surface area contributed by atoms with Gasteiger partial charge < -0.3 is 38.3 Å². The van der Waals surface area contributed by atoms with Crippen LogP contribution in [-0.4, -0.2) is 128 Å². The van der Waals surface area contributed by atoms with Gasteiger partial charge in [0.2, 0.25) is 0 Å². The topological polar surface area (TPSA) is 220 Å². The Labute approximate surface area is 497 Å². The molecule has 19 nitrogen and oxygen atoms in total. The van der Waals surface area contributed by atoms with Gasteiger partial charge in [0.25, 0.3) is 33.7 Å². The number of hydroxylamine groups is 2. The monoisotopic (exact) mass is 1200 g/mol. The van der Waals surface area contributed by atoms with Crippen molar-refractivity contribution in [3.63, 3.8) is 0 Å². The SMILES string of the molecule is CCCOCCOCCN(CC(C)(C)SSCCC(C(=O)ON1C(=O)CCC1=O)S(=O)(=O)O)c1cc(COc2cc3c(cc2C)C(=O)N2c4ccccc4C[C@H]2C=N3)cc(COc2cc3c(cc2OC)C(=O)N2c4ccccc4C[C@H]2CC3)c1. The Hall–Kier alpha value is -6.95. The number of nitrogens with zero attached hydrogens (tertiary/aromatic N) is 5. The number of methoxy groups -OCH3 is 1. The number of amides is 4. The van der Waals surface area contributed by atoms with E-state index in [0.29, 0.717) is 86.4 Å². The number of hydrogen-bond donors (Lipinski definition) is 1. The van der Waals surface area contributed by atoms with Gasteiger partial charge in [-0.2, -0.15) is 8.42 Å². The Morgan fingerprint density at radius 1 is 0.774 bits per heavy atom. The lowest BCUT2D eigenvalue weighted by molar-refractivity contribution is -0.197. The summed E-state index contributed by atoms with van der Waals surface area (Å²) in [4.78, 5) is 81.4. The highest BCUT2D eigenvalue weighted by atomic mass is 33.1. The fourth-order valence-electron chi connectivity index (χ4n) is 11.3. The number of aliphatic imine (C=N–C) groups is 1. The first-order valence-corrected chi connectivity index (χ1v) is 32.1. The minimum atomic E-state index is -4.97. The van der Waals surface area contributed by atoms with E-state index in [1.165, 1.54) is 21.6 Å². The molecule has 1 unspecified atom stereocenters. The molecule has 5 aromatic carbocycles. The minimum absolute atomic E-state index is 0.0437. The van der Waals surface area contributed by atoms with Crippen molar-refractivity contribution >= 4 is 90.3 Å². The van der Waals surface area contributed by atoms with E-state index in [2.05, 4.69) is 11.0 Å². The molecular formula is C62H69N5O14S3. The standard InChI is InChI=1S/C62H69N5O14S3/c1-6-21-77-23-24-78-22-20-64(38-62(3,4)83-82-25-19-56(84(73,74)75)61(72)81-67-57(68)17-18-58(67)69)46-28-40(36-79-53-34-50-49(26-39(53)2)60(71)66-47(35-63-50)31-44-12-8-10-14-52(44)66)27-41(29-46)37-80-55-32-42-15-16-45-30-43-11-7-9-13-51(43)65(45)59(70)48(42)33-54(55)76-5/h7-14,26-29,32-35,45,47,56H,6,15-25,30-31,36-38H2,1-5H3,(H,73,74,75)/t45-,47+,56?/m1/s1. The maximum absolute atomic E-state index is 14.3. The smallest absolute Gasteiger partial charge is 0.353 e.